The average Bonchev–Trinajstić information content (AvgIpc) is 2.37. The number of alkyl halides is 3. The van der Waals surface area contributed by atoms with E-state index in [-0.39, 0.29) is 12.5 Å². The summed E-state index contributed by atoms with van der Waals surface area (Å²) in [6.07, 6.45) is -4.33. The normalized spacial score (nSPS) is 11.7. The van der Waals surface area contributed by atoms with Crippen molar-refractivity contribution in [2.75, 3.05) is 19.7 Å². The Morgan fingerprint density at radius 2 is 1.80 bits per heavy atom. The van der Waals surface area contributed by atoms with Crippen LogP contribution in [0.2, 0.25) is 0 Å². The minimum atomic E-state index is -4.33. The second-order valence-corrected chi connectivity index (χ2v) is 4.30. The average molecular weight is 289 g/mol. The molecule has 0 heterocycles. The van der Waals surface area contributed by atoms with Crippen LogP contribution in [0.1, 0.15) is 25.0 Å². The molecule has 0 spiro atoms. The lowest BCUT2D eigenvalue weighted by atomic mass is 10.1. The topological polar surface area (TPSA) is 29.5 Å². The zero-order valence-corrected chi connectivity index (χ0v) is 11.5. The van der Waals surface area contributed by atoms with Gasteiger partial charge in [0.2, 0.25) is 0 Å². The Morgan fingerprint density at radius 3 is 2.25 bits per heavy atom. The molecule has 0 aliphatic heterocycles. The summed E-state index contributed by atoms with van der Waals surface area (Å²) in [5.74, 6) is -0.332. The molecule has 0 amide bonds. The van der Waals surface area contributed by atoms with Gasteiger partial charge in [0.25, 0.3) is 0 Å². The first-order valence-electron chi connectivity index (χ1n) is 6.41. The minimum Gasteiger partial charge on any atom is -0.465 e. The molecular weight excluding hydrogens is 271 g/mol. The molecule has 1 rings (SSSR count). The highest BCUT2D eigenvalue weighted by atomic mass is 19.4. The highest BCUT2D eigenvalue weighted by Crippen LogP contribution is 2.29. The van der Waals surface area contributed by atoms with Crippen molar-refractivity contribution < 1.29 is 22.7 Å². The molecule has 0 saturated heterocycles. The molecule has 20 heavy (non-hydrogen) atoms. The number of halogens is 3. The molecular formula is C14H18F3NO2. The Labute approximate surface area is 116 Å². The van der Waals surface area contributed by atoms with Crippen LogP contribution in [-0.2, 0) is 22.3 Å². The highest BCUT2D eigenvalue weighted by Gasteiger charge is 2.29. The summed E-state index contributed by atoms with van der Waals surface area (Å²) in [5.41, 5.74) is 0.0545. The summed E-state index contributed by atoms with van der Waals surface area (Å²) in [7, 11) is 0. The predicted molar refractivity (Wildman–Crippen MR) is 69.0 cm³/mol. The molecule has 0 atom stereocenters. The third-order valence-corrected chi connectivity index (χ3v) is 2.79. The Kier molecular flexibility index (Phi) is 6.01. The van der Waals surface area contributed by atoms with Crippen LogP contribution < -0.4 is 0 Å². The van der Waals surface area contributed by atoms with E-state index in [1.807, 2.05) is 6.92 Å². The van der Waals surface area contributed by atoms with Gasteiger partial charge in [-0.1, -0.05) is 19.1 Å². The van der Waals surface area contributed by atoms with Crippen LogP contribution in [0.15, 0.2) is 24.3 Å². The van der Waals surface area contributed by atoms with Crippen LogP contribution in [0.25, 0.3) is 0 Å². The van der Waals surface area contributed by atoms with Gasteiger partial charge in [0.15, 0.2) is 0 Å². The maximum Gasteiger partial charge on any atom is 0.416 e. The molecule has 112 valence electrons. The van der Waals surface area contributed by atoms with Gasteiger partial charge in [-0.25, -0.2) is 0 Å². The summed E-state index contributed by atoms with van der Waals surface area (Å²) in [4.78, 5) is 13.2. The lowest BCUT2D eigenvalue weighted by molar-refractivity contribution is -0.144. The number of ether oxygens (including phenoxy) is 1. The molecule has 0 aliphatic carbocycles. The number of hydrogen-bond acceptors (Lipinski definition) is 3. The molecule has 0 aliphatic rings. The molecule has 0 saturated carbocycles. The Morgan fingerprint density at radius 1 is 1.20 bits per heavy atom. The van der Waals surface area contributed by atoms with Gasteiger partial charge < -0.3 is 4.74 Å². The van der Waals surface area contributed by atoms with Crippen LogP contribution in [0.4, 0.5) is 13.2 Å². The Bertz CT molecular complexity index is 429. The van der Waals surface area contributed by atoms with E-state index in [1.165, 1.54) is 12.1 Å². The van der Waals surface area contributed by atoms with Crippen LogP contribution in [-0.4, -0.2) is 30.6 Å². The van der Waals surface area contributed by atoms with E-state index in [9.17, 15) is 18.0 Å². The van der Waals surface area contributed by atoms with Crippen molar-refractivity contribution >= 4 is 5.97 Å². The van der Waals surface area contributed by atoms with Gasteiger partial charge in [-0.05, 0) is 31.2 Å². The van der Waals surface area contributed by atoms with E-state index in [1.54, 1.807) is 11.8 Å². The first-order valence-corrected chi connectivity index (χ1v) is 6.41. The lowest BCUT2D eigenvalue weighted by Crippen LogP contribution is -2.30. The standard InChI is InChI=1S/C14H18F3NO2/c1-3-18(10-13(19)20-4-2)9-11-5-7-12(8-6-11)14(15,16)17/h5-8H,3-4,9-10H2,1-2H3. The molecule has 0 fully saturated rings. The van der Waals surface area contributed by atoms with E-state index in [0.29, 0.717) is 19.7 Å². The van der Waals surface area contributed by atoms with E-state index in [0.717, 1.165) is 17.7 Å². The number of hydrogen-bond donors (Lipinski definition) is 0. The summed E-state index contributed by atoms with van der Waals surface area (Å²) >= 11 is 0. The van der Waals surface area contributed by atoms with Crippen molar-refractivity contribution in [3.8, 4) is 0 Å². The van der Waals surface area contributed by atoms with Gasteiger partial charge >= 0.3 is 12.1 Å². The van der Waals surface area contributed by atoms with Crippen LogP contribution in [0.3, 0.4) is 0 Å². The van der Waals surface area contributed by atoms with E-state index in [4.69, 9.17) is 4.74 Å². The van der Waals surface area contributed by atoms with Crippen molar-refractivity contribution in [3.63, 3.8) is 0 Å². The molecule has 6 heteroatoms. The van der Waals surface area contributed by atoms with Crippen LogP contribution in [0.5, 0.6) is 0 Å². The predicted octanol–water partition coefficient (Wildman–Crippen LogP) is 3.09. The molecule has 0 bridgehead atoms. The van der Waals surface area contributed by atoms with E-state index >= 15 is 0 Å². The highest BCUT2D eigenvalue weighted by molar-refractivity contribution is 5.71. The van der Waals surface area contributed by atoms with Gasteiger partial charge in [0, 0.05) is 6.54 Å². The van der Waals surface area contributed by atoms with Gasteiger partial charge in [-0.15, -0.1) is 0 Å². The molecule has 0 unspecified atom stereocenters. The molecule has 0 aromatic heterocycles. The number of nitrogens with zero attached hydrogens (tertiary/aromatic N) is 1. The van der Waals surface area contributed by atoms with Crippen LogP contribution in [0, 0.1) is 0 Å². The first kappa shape index (κ1) is 16.5. The summed E-state index contributed by atoms with van der Waals surface area (Å²) < 4.78 is 42.1. The molecule has 0 radical (unpaired) electrons. The lowest BCUT2D eigenvalue weighted by Gasteiger charge is -2.19. The fourth-order valence-electron chi connectivity index (χ4n) is 1.73. The number of benzene rings is 1. The largest absolute Gasteiger partial charge is 0.465 e. The maximum atomic E-state index is 12.4. The zero-order chi connectivity index (χ0) is 15.2. The number of carbonyl (C=O) groups excluding carboxylic acids is 1. The second-order valence-electron chi connectivity index (χ2n) is 4.30. The maximum absolute atomic E-state index is 12.4. The smallest absolute Gasteiger partial charge is 0.416 e. The summed E-state index contributed by atoms with van der Waals surface area (Å²) in [6.45, 7) is 5.07. The molecule has 3 nitrogen and oxygen atoms in total. The Hall–Kier alpha value is -1.56. The van der Waals surface area contributed by atoms with Crippen LogP contribution >= 0.6 is 0 Å². The van der Waals surface area contributed by atoms with Crippen molar-refractivity contribution in [3.05, 3.63) is 35.4 Å². The van der Waals surface area contributed by atoms with Crippen molar-refractivity contribution in [2.24, 2.45) is 0 Å². The second kappa shape index (κ2) is 7.28. The zero-order valence-electron chi connectivity index (χ0n) is 11.5. The van der Waals surface area contributed by atoms with Crippen molar-refractivity contribution in [1.82, 2.24) is 4.90 Å². The van der Waals surface area contributed by atoms with E-state index in [2.05, 4.69) is 0 Å². The fraction of sp³-hybridized carbons (Fsp3) is 0.500. The molecule has 1 aromatic rings. The summed E-state index contributed by atoms with van der Waals surface area (Å²) in [5, 5.41) is 0. The SMILES string of the molecule is CCOC(=O)CN(CC)Cc1ccc(C(F)(F)F)cc1. The number of carbonyl (C=O) groups is 1. The van der Waals surface area contributed by atoms with Crippen molar-refractivity contribution in [1.29, 1.82) is 0 Å². The monoisotopic (exact) mass is 289 g/mol. The molecule has 1 aromatic carbocycles. The number of likely N-dealkylation sites (N-methyl/N-ethyl adjacent to an activating group) is 1. The minimum absolute atomic E-state index is 0.130. The van der Waals surface area contributed by atoms with Gasteiger partial charge in [0.1, 0.15) is 0 Å². The fourth-order valence-corrected chi connectivity index (χ4v) is 1.73. The molecule has 0 N–H and O–H groups in total. The number of rotatable bonds is 6. The summed E-state index contributed by atoms with van der Waals surface area (Å²) in [6, 6.07) is 4.95. The Balaban J connectivity index is 2.64. The first-order chi connectivity index (χ1) is 9.36. The quantitative estimate of drug-likeness (QED) is 0.754. The van der Waals surface area contributed by atoms with Gasteiger partial charge in [0.05, 0.1) is 18.7 Å². The van der Waals surface area contributed by atoms with Crippen molar-refractivity contribution in [2.45, 2.75) is 26.6 Å². The van der Waals surface area contributed by atoms with E-state index < -0.39 is 11.7 Å². The van der Waals surface area contributed by atoms with Gasteiger partial charge in [-0.2, -0.15) is 13.2 Å². The third kappa shape index (κ3) is 5.21. The van der Waals surface area contributed by atoms with Gasteiger partial charge in [-0.3, -0.25) is 9.69 Å². The number of esters is 1. The third-order valence-electron chi connectivity index (χ3n) is 2.79.